The molecule has 2 unspecified atom stereocenters. The fourth-order valence-electron chi connectivity index (χ4n) is 3.43. The monoisotopic (exact) mass is 292 g/mol. The van der Waals surface area contributed by atoms with Crippen LogP contribution in [0, 0.1) is 5.92 Å². The maximum Gasteiger partial charge on any atom is 0.0616 e. The van der Waals surface area contributed by atoms with Gasteiger partial charge < -0.3 is 0 Å². The zero-order valence-corrected chi connectivity index (χ0v) is 13.7. The lowest BCUT2D eigenvalue weighted by Gasteiger charge is -2.29. The summed E-state index contributed by atoms with van der Waals surface area (Å²) in [7, 11) is 0. The smallest absolute Gasteiger partial charge is 0.0616 e. The molecule has 0 bridgehead atoms. The van der Waals surface area contributed by atoms with Crippen LogP contribution in [0.15, 0.2) is 24.3 Å². The molecule has 1 aromatic rings. The van der Waals surface area contributed by atoms with E-state index in [2.05, 4.69) is 31.2 Å². The molecule has 0 amide bonds. The first-order valence-electron chi connectivity index (χ1n) is 8.54. The van der Waals surface area contributed by atoms with Crippen molar-refractivity contribution in [3.8, 4) is 0 Å². The van der Waals surface area contributed by atoms with Gasteiger partial charge in [-0.25, -0.2) is 0 Å². The van der Waals surface area contributed by atoms with Crippen molar-refractivity contribution in [1.29, 1.82) is 0 Å². The summed E-state index contributed by atoms with van der Waals surface area (Å²) in [6.45, 7) is 2.28. The third-order valence-corrected chi connectivity index (χ3v) is 5.32. The first kappa shape index (κ1) is 15.9. The van der Waals surface area contributed by atoms with Crippen LogP contribution in [-0.4, -0.2) is 0 Å². The lowest BCUT2D eigenvalue weighted by molar-refractivity contribution is 0.393. The molecule has 20 heavy (non-hydrogen) atoms. The predicted molar refractivity (Wildman–Crippen MR) is 89.5 cm³/mol. The van der Waals surface area contributed by atoms with Gasteiger partial charge in [-0.2, -0.15) is 0 Å². The van der Waals surface area contributed by atoms with Crippen molar-refractivity contribution in [2.75, 3.05) is 0 Å². The predicted octanol–water partition coefficient (Wildman–Crippen LogP) is 6.67. The Hall–Kier alpha value is -0.490. The van der Waals surface area contributed by atoms with E-state index < -0.39 is 0 Å². The Morgan fingerprint density at radius 3 is 2.50 bits per heavy atom. The Kier molecular flexibility index (Phi) is 6.93. The first-order chi connectivity index (χ1) is 9.83. The highest BCUT2D eigenvalue weighted by Crippen LogP contribution is 2.41. The summed E-state index contributed by atoms with van der Waals surface area (Å²) in [4.78, 5) is 0. The van der Waals surface area contributed by atoms with Crippen LogP contribution in [0.25, 0.3) is 0 Å². The number of benzene rings is 1. The number of fused-ring (bicyclic) bond motifs is 1. The molecular formula is C19H29Cl. The van der Waals surface area contributed by atoms with Gasteiger partial charge in [-0.15, -0.1) is 11.6 Å². The number of hydrogen-bond donors (Lipinski definition) is 0. The largest absolute Gasteiger partial charge is 0.118 e. The maximum atomic E-state index is 6.69. The molecule has 1 heteroatoms. The highest BCUT2D eigenvalue weighted by molar-refractivity contribution is 6.21. The Balaban J connectivity index is 1.67. The summed E-state index contributed by atoms with van der Waals surface area (Å²) < 4.78 is 0. The average Bonchev–Trinajstić information content (AvgIpc) is 2.49. The van der Waals surface area contributed by atoms with Gasteiger partial charge in [-0.05, 0) is 36.3 Å². The average molecular weight is 293 g/mol. The van der Waals surface area contributed by atoms with Crippen molar-refractivity contribution in [3.63, 3.8) is 0 Å². The number of unbranched alkanes of at least 4 members (excludes halogenated alkanes) is 6. The zero-order chi connectivity index (χ0) is 14.2. The van der Waals surface area contributed by atoms with Crippen molar-refractivity contribution < 1.29 is 0 Å². The van der Waals surface area contributed by atoms with Crippen LogP contribution in [0.4, 0.5) is 0 Å². The van der Waals surface area contributed by atoms with Crippen molar-refractivity contribution in [1.82, 2.24) is 0 Å². The molecule has 0 nitrogen and oxygen atoms in total. The Labute approximate surface area is 129 Å². The Bertz CT molecular complexity index is 385. The number of rotatable bonds is 8. The van der Waals surface area contributed by atoms with Gasteiger partial charge in [0.1, 0.15) is 0 Å². The van der Waals surface area contributed by atoms with Gasteiger partial charge in [-0.1, -0.05) is 76.1 Å². The molecule has 1 aromatic carbocycles. The van der Waals surface area contributed by atoms with Crippen molar-refractivity contribution in [3.05, 3.63) is 35.4 Å². The van der Waals surface area contributed by atoms with E-state index in [-0.39, 0.29) is 5.38 Å². The van der Waals surface area contributed by atoms with Crippen molar-refractivity contribution in [2.45, 2.75) is 76.5 Å². The lowest BCUT2D eigenvalue weighted by Crippen LogP contribution is -2.17. The molecule has 1 aliphatic rings. The molecule has 0 saturated carbocycles. The minimum Gasteiger partial charge on any atom is -0.118 e. The van der Waals surface area contributed by atoms with E-state index >= 15 is 0 Å². The highest BCUT2D eigenvalue weighted by Gasteiger charge is 2.26. The molecule has 0 radical (unpaired) electrons. The minimum absolute atomic E-state index is 0.250. The standard InChI is InChI=1S/C19H29Cl/c1-2-3-4-5-6-7-8-12-17-15-14-16-11-9-10-13-18(16)19(17)20/h9-11,13,17,19H,2-8,12,14-15H2,1H3. The minimum atomic E-state index is 0.250. The van der Waals surface area contributed by atoms with E-state index in [1.165, 1.54) is 75.3 Å². The van der Waals surface area contributed by atoms with Gasteiger partial charge in [0.05, 0.1) is 5.38 Å². The molecule has 0 heterocycles. The molecule has 0 spiro atoms. The second-order valence-corrected chi connectivity index (χ2v) is 6.78. The van der Waals surface area contributed by atoms with Crippen LogP contribution >= 0.6 is 11.6 Å². The van der Waals surface area contributed by atoms with Crippen LogP contribution < -0.4 is 0 Å². The van der Waals surface area contributed by atoms with Crippen LogP contribution in [0.2, 0.25) is 0 Å². The SMILES string of the molecule is CCCCCCCCCC1CCc2ccccc2C1Cl. The molecule has 0 aliphatic heterocycles. The molecular weight excluding hydrogens is 264 g/mol. The number of hydrogen-bond acceptors (Lipinski definition) is 0. The normalized spacial score (nSPS) is 21.7. The molecule has 0 N–H and O–H groups in total. The quantitative estimate of drug-likeness (QED) is 0.371. The Morgan fingerprint density at radius 2 is 1.70 bits per heavy atom. The van der Waals surface area contributed by atoms with Crippen LogP contribution in [-0.2, 0) is 6.42 Å². The molecule has 0 saturated heterocycles. The zero-order valence-electron chi connectivity index (χ0n) is 12.9. The molecule has 112 valence electrons. The number of alkyl halides is 1. The van der Waals surface area contributed by atoms with Gasteiger partial charge in [0.15, 0.2) is 0 Å². The molecule has 0 aromatic heterocycles. The summed E-state index contributed by atoms with van der Waals surface area (Å²) in [6, 6.07) is 8.74. The van der Waals surface area contributed by atoms with Crippen molar-refractivity contribution in [2.24, 2.45) is 5.92 Å². The van der Waals surface area contributed by atoms with E-state index in [0.717, 1.165) is 0 Å². The van der Waals surface area contributed by atoms with Gasteiger partial charge >= 0.3 is 0 Å². The van der Waals surface area contributed by atoms with Crippen LogP contribution in [0.3, 0.4) is 0 Å². The summed E-state index contributed by atoms with van der Waals surface area (Å²) in [5.74, 6) is 0.696. The van der Waals surface area contributed by atoms with E-state index in [4.69, 9.17) is 11.6 Å². The van der Waals surface area contributed by atoms with E-state index in [1.807, 2.05) is 0 Å². The molecule has 0 fully saturated rings. The van der Waals surface area contributed by atoms with Gasteiger partial charge in [0.25, 0.3) is 0 Å². The number of aryl methyl sites for hydroxylation is 1. The second-order valence-electron chi connectivity index (χ2n) is 6.31. The third kappa shape index (κ3) is 4.52. The van der Waals surface area contributed by atoms with E-state index in [1.54, 1.807) is 0 Å². The first-order valence-corrected chi connectivity index (χ1v) is 8.98. The highest BCUT2D eigenvalue weighted by atomic mass is 35.5. The number of halogens is 1. The fourth-order valence-corrected chi connectivity index (χ4v) is 3.89. The van der Waals surface area contributed by atoms with E-state index in [0.29, 0.717) is 5.92 Å². The Morgan fingerprint density at radius 1 is 1.00 bits per heavy atom. The van der Waals surface area contributed by atoms with Gasteiger partial charge in [0, 0.05) is 0 Å². The summed E-state index contributed by atoms with van der Waals surface area (Å²) in [5.41, 5.74) is 2.87. The maximum absolute atomic E-state index is 6.69. The second kappa shape index (κ2) is 8.72. The molecule has 2 atom stereocenters. The fraction of sp³-hybridized carbons (Fsp3) is 0.684. The van der Waals surface area contributed by atoms with E-state index in [9.17, 15) is 0 Å². The summed E-state index contributed by atoms with van der Waals surface area (Å²) in [5, 5.41) is 0.250. The third-order valence-electron chi connectivity index (χ3n) is 4.73. The summed E-state index contributed by atoms with van der Waals surface area (Å²) >= 11 is 6.69. The van der Waals surface area contributed by atoms with Crippen LogP contribution in [0.5, 0.6) is 0 Å². The van der Waals surface area contributed by atoms with Gasteiger partial charge in [0.2, 0.25) is 0 Å². The van der Waals surface area contributed by atoms with Gasteiger partial charge in [-0.3, -0.25) is 0 Å². The summed E-state index contributed by atoms with van der Waals surface area (Å²) in [6.07, 6.45) is 13.6. The topological polar surface area (TPSA) is 0 Å². The van der Waals surface area contributed by atoms with Crippen molar-refractivity contribution >= 4 is 11.6 Å². The molecule has 1 aliphatic carbocycles. The molecule has 2 rings (SSSR count). The lowest BCUT2D eigenvalue weighted by atomic mass is 9.81. The van der Waals surface area contributed by atoms with Crippen LogP contribution in [0.1, 0.15) is 81.2 Å².